The Bertz CT molecular complexity index is 683. The van der Waals surface area contributed by atoms with E-state index in [2.05, 4.69) is 27.3 Å². The van der Waals surface area contributed by atoms with Crippen LogP contribution in [0.3, 0.4) is 0 Å². The molecule has 0 saturated heterocycles. The van der Waals surface area contributed by atoms with E-state index in [-0.39, 0.29) is 0 Å². The predicted octanol–water partition coefficient (Wildman–Crippen LogP) is 1.90. The van der Waals surface area contributed by atoms with Gasteiger partial charge in [0.05, 0.1) is 12.5 Å². The molecule has 7 nitrogen and oxygen atoms in total. The molecule has 0 aliphatic rings. The zero-order valence-electron chi connectivity index (χ0n) is 10.3. The van der Waals surface area contributed by atoms with Crippen molar-refractivity contribution in [3.05, 3.63) is 30.5 Å². The fourth-order valence-electron chi connectivity index (χ4n) is 1.50. The van der Waals surface area contributed by atoms with Crippen LogP contribution in [-0.4, -0.2) is 36.5 Å². The first-order valence-corrected chi connectivity index (χ1v) is 6.86. The summed E-state index contributed by atoms with van der Waals surface area (Å²) in [5.74, 6) is 2.25. The van der Waals surface area contributed by atoms with E-state index < -0.39 is 0 Å². The van der Waals surface area contributed by atoms with Crippen molar-refractivity contribution in [2.24, 2.45) is 5.10 Å². The molecule has 0 fully saturated rings. The predicted molar refractivity (Wildman–Crippen MR) is 71.5 cm³/mol. The lowest BCUT2D eigenvalue weighted by molar-refractivity contribution is 0.559. The fourth-order valence-corrected chi connectivity index (χ4v) is 2.24. The van der Waals surface area contributed by atoms with Crippen LogP contribution in [0.2, 0.25) is 0 Å². The highest BCUT2D eigenvalue weighted by molar-refractivity contribution is 7.99. The van der Waals surface area contributed by atoms with Crippen molar-refractivity contribution in [2.45, 2.75) is 18.5 Å². The second-order valence-electron chi connectivity index (χ2n) is 3.78. The Labute approximate surface area is 113 Å². The summed E-state index contributed by atoms with van der Waals surface area (Å²) < 4.78 is 8.41. The molecule has 0 aliphatic carbocycles. The van der Waals surface area contributed by atoms with Crippen molar-refractivity contribution in [2.75, 3.05) is 5.75 Å². The lowest BCUT2D eigenvalue weighted by Gasteiger charge is -1.91. The van der Waals surface area contributed by atoms with Crippen molar-refractivity contribution in [1.82, 2.24) is 24.5 Å². The second kappa shape index (κ2) is 5.27. The molecular formula is C11H12N6OS. The highest BCUT2D eigenvalue weighted by Crippen LogP contribution is 2.16. The Kier molecular flexibility index (Phi) is 3.32. The van der Waals surface area contributed by atoms with E-state index in [1.54, 1.807) is 45.8 Å². The summed E-state index contributed by atoms with van der Waals surface area (Å²) in [7, 11) is 0. The molecular weight excluding hydrogens is 264 g/mol. The van der Waals surface area contributed by atoms with E-state index in [0.29, 0.717) is 11.5 Å². The molecule has 98 valence electrons. The molecule has 0 aliphatic heterocycles. The van der Waals surface area contributed by atoms with Crippen LogP contribution in [0.1, 0.15) is 19.1 Å². The lowest BCUT2D eigenvalue weighted by atomic mass is 10.5. The molecule has 19 heavy (non-hydrogen) atoms. The summed E-state index contributed by atoms with van der Waals surface area (Å²) in [6, 6.07) is 3.63. The van der Waals surface area contributed by atoms with Crippen LogP contribution in [0.5, 0.6) is 0 Å². The van der Waals surface area contributed by atoms with Gasteiger partial charge in [-0.15, -0.1) is 10.2 Å². The number of hydrogen-bond acceptors (Lipinski definition) is 6. The van der Waals surface area contributed by atoms with Gasteiger partial charge in [0.1, 0.15) is 12.1 Å². The Morgan fingerprint density at radius 1 is 1.47 bits per heavy atom. The number of nitrogens with zero attached hydrogens (tertiary/aromatic N) is 6. The third-order valence-corrected chi connectivity index (χ3v) is 3.49. The molecule has 0 N–H and O–H groups in total. The molecule has 0 bridgehead atoms. The maximum absolute atomic E-state index is 5.17. The third kappa shape index (κ3) is 2.39. The van der Waals surface area contributed by atoms with Gasteiger partial charge in [-0.2, -0.15) is 19.4 Å². The van der Waals surface area contributed by atoms with Gasteiger partial charge in [-0.05, 0) is 18.6 Å². The Hall–Kier alpha value is -2.09. The number of rotatable bonds is 5. The van der Waals surface area contributed by atoms with Crippen molar-refractivity contribution in [3.8, 4) is 0 Å². The summed E-state index contributed by atoms with van der Waals surface area (Å²) in [5, 5.41) is 17.4. The molecule has 0 radical (unpaired) electrons. The average molecular weight is 276 g/mol. The SMILES string of the molecule is CCCSc1nnc2n(N=Cc3ccco3)cnn12. The van der Waals surface area contributed by atoms with Crippen molar-refractivity contribution in [3.63, 3.8) is 0 Å². The maximum Gasteiger partial charge on any atom is 0.275 e. The minimum atomic E-state index is 0.585. The zero-order chi connectivity index (χ0) is 13.1. The van der Waals surface area contributed by atoms with Crippen LogP contribution >= 0.6 is 11.8 Å². The lowest BCUT2D eigenvalue weighted by Crippen LogP contribution is -1.90. The molecule has 0 aromatic carbocycles. The molecule has 0 saturated carbocycles. The first-order chi connectivity index (χ1) is 9.38. The van der Waals surface area contributed by atoms with Crippen LogP contribution < -0.4 is 0 Å². The Balaban J connectivity index is 1.87. The van der Waals surface area contributed by atoms with Crippen LogP contribution in [0.15, 0.2) is 39.4 Å². The number of thioether (sulfide) groups is 1. The third-order valence-electron chi connectivity index (χ3n) is 2.36. The minimum absolute atomic E-state index is 0.585. The molecule has 3 rings (SSSR count). The molecule has 0 spiro atoms. The van der Waals surface area contributed by atoms with Crippen LogP contribution in [0, 0.1) is 0 Å². The molecule has 3 aromatic heterocycles. The van der Waals surface area contributed by atoms with Gasteiger partial charge in [-0.1, -0.05) is 18.7 Å². The molecule has 0 unspecified atom stereocenters. The van der Waals surface area contributed by atoms with Crippen molar-refractivity contribution >= 4 is 23.8 Å². The minimum Gasteiger partial charge on any atom is -0.463 e. The van der Waals surface area contributed by atoms with Gasteiger partial charge < -0.3 is 4.42 Å². The van der Waals surface area contributed by atoms with Gasteiger partial charge in [0.2, 0.25) is 5.16 Å². The largest absolute Gasteiger partial charge is 0.463 e. The molecule has 3 aromatic rings. The molecule has 0 atom stereocenters. The maximum atomic E-state index is 5.17. The summed E-state index contributed by atoms with van der Waals surface area (Å²) in [6.45, 7) is 2.12. The van der Waals surface area contributed by atoms with Gasteiger partial charge in [0.25, 0.3) is 5.78 Å². The quantitative estimate of drug-likeness (QED) is 0.525. The van der Waals surface area contributed by atoms with Gasteiger partial charge in [0.15, 0.2) is 0 Å². The monoisotopic (exact) mass is 276 g/mol. The summed E-state index contributed by atoms with van der Waals surface area (Å²) in [5.41, 5.74) is 0. The molecule has 3 heterocycles. The van der Waals surface area contributed by atoms with E-state index in [1.807, 2.05) is 6.07 Å². The standard InChI is InChI=1S/C11H12N6OS/c1-2-6-19-11-15-14-10-16(8-13-17(10)11)12-7-9-4-3-5-18-9/h3-5,7-8H,2,6H2,1H3. The number of furan rings is 1. The van der Waals surface area contributed by atoms with Gasteiger partial charge in [-0.3, -0.25) is 0 Å². The highest BCUT2D eigenvalue weighted by atomic mass is 32.2. The molecule has 8 heteroatoms. The normalized spacial score (nSPS) is 11.8. The smallest absolute Gasteiger partial charge is 0.275 e. The van der Waals surface area contributed by atoms with E-state index in [4.69, 9.17) is 4.42 Å². The number of aromatic nitrogens is 5. The summed E-state index contributed by atoms with van der Waals surface area (Å²) in [4.78, 5) is 0. The Morgan fingerprint density at radius 3 is 3.21 bits per heavy atom. The summed E-state index contributed by atoms with van der Waals surface area (Å²) >= 11 is 1.63. The van der Waals surface area contributed by atoms with Crippen LogP contribution in [0.25, 0.3) is 5.78 Å². The van der Waals surface area contributed by atoms with Crippen molar-refractivity contribution in [1.29, 1.82) is 0 Å². The van der Waals surface area contributed by atoms with Gasteiger partial charge >= 0.3 is 0 Å². The van der Waals surface area contributed by atoms with E-state index >= 15 is 0 Å². The Morgan fingerprint density at radius 2 is 2.42 bits per heavy atom. The van der Waals surface area contributed by atoms with Crippen LogP contribution in [-0.2, 0) is 0 Å². The molecule has 0 amide bonds. The summed E-state index contributed by atoms with van der Waals surface area (Å²) in [6.07, 6.45) is 5.88. The fraction of sp³-hybridized carbons (Fsp3) is 0.273. The first-order valence-electron chi connectivity index (χ1n) is 5.88. The first kappa shape index (κ1) is 12.0. The highest BCUT2D eigenvalue weighted by Gasteiger charge is 2.10. The second-order valence-corrected chi connectivity index (χ2v) is 4.84. The van der Waals surface area contributed by atoms with E-state index in [0.717, 1.165) is 17.3 Å². The topological polar surface area (TPSA) is 73.5 Å². The number of fused-ring (bicyclic) bond motifs is 1. The van der Waals surface area contributed by atoms with Gasteiger partial charge in [0, 0.05) is 5.75 Å². The number of hydrogen-bond donors (Lipinski definition) is 0. The van der Waals surface area contributed by atoms with Gasteiger partial charge in [-0.25, -0.2) is 0 Å². The van der Waals surface area contributed by atoms with Crippen molar-refractivity contribution < 1.29 is 4.42 Å². The van der Waals surface area contributed by atoms with E-state index in [9.17, 15) is 0 Å². The average Bonchev–Trinajstić information content (AvgIpc) is 3.12. The van der Waals surface area contributed by atoms with Crippen LogP contribution in [0.4, 0.5) is 0 Å². The van der Waals surface area contributed by atoms with E-state index in [1.165, 1.54) is 0 Å². The zero-order valence-corrected chi connectivity index (χ0v) is 11.1.